The number of ketones is 1. The number of aryl methyl sites for hydroxylation is 1. The number of carbonyl (C=O) groups excluding carboxylic acids is 3. The van der Waals surface area contributed by atoms with Gasteiger partial charge in [0.05, 0.1) is 16.8 Å². The van der Waals surface area contributed by atoms with Crippen LogP contribution in [0.2, 0.25) is 0 Å². The second-order valence-electron chi connectivity index (χ2n) is 9.56. The highest BCUT2D eigenvalue weighted by atomic mass is 32.1. The largest absolute Gasteiger partial charge is 0.345 e. The molecule has 2 heterocycles. The molecule has 0 spiro atoms. The highest BCUT2D eigenvalue weighted by molar-refractivity contribution is 7.09. The summed E-state index contributed by atoms with van der Waals surface area (Å²) in [4.78, 5) is 43.5. The van der Waals surface area contributed by atoms with Gasteiger partial charge < -0.3 is 15.2 Å². The standard InChI is InChI=1S/C23H32N4O3S/c1-13-12-31-21(24-13)23(10-8-9-11-23)26-19(29)16-14(2)17(27(7)15(16)3)18(28)20(30)25-22(4,5)6/h12H,8-11H2,1-7H3,(H,25,30)(H,26,29). The van der Waals surface area contributed by atoms with Crippen LogP contribution < -0.4 is 10.6 Å². The van der Waals surface area contributed by atoms with Gasteiger partial charge in [-0.05, 0) is 59.9 Å². The number of amides is 2. The topological polar surface area (TPSA) is 93.1 Å². The van der Waals surface area contributed by atoms with Gasteiger partial charge in [0.15, 0.2) is 0 Å². The molecule has 168 valence electrons. The normalized spacial score (nSPS) is 15.7. The average Bonchev–Trinajstić information content (AvgIpc) is 3.34. The van der Waals surface area contributed by atoms with E-state index >= 15 is 0 Å². The van der Waals surface area contributed by atoms with E-state index in [0.29, 0.717) is 16.8 Å². The lowest BCUT2D eigenvalue weighted by Gasteiger charge is -2.28. The van der Waals surface area contributed by atoms with E-state index in [9.17, 15) is 14.4 Å². The maximum atomic E-state index is 13.5. The predicted octanol–water partition coefficient (Wildman–Crippen LogP) is 3.70. The molecule has 7 nitrogen and oxygen atoms in total. The van der Waals surface area contributed by atoms with Crippen molar-refractivity contribution in [3.05, 3.63) is 38.6 Å². The van der Waals surface area contributed by atoms with Gasteiger partial charge in [0.1, 0.15) is 5.01 Å². The lowest BCUT2D eigenvalue weighted by Crippen LogP contribution is -2.44. The number of nitrogens with zero attached hydrogens (tertiary/aromatic N) is 2. The summed E-state index contributed by atoms with van der Waals surface area (Å²) in [6, 6.07) is 0. The van der Waals surface area contributed by atoms with Crippen molar-refractivity contribution < 1.29 is 14.4 Å². The summed E-state index contributed by atoms with van der Waals surface area (Å²) in [5, 5.41) is 8.90. The summed E-state index contributed by atoms with van der Waals surface area (Å²) in [6.45, 7) is 10.9. The first-order chi connectivity index (χ1) is 14.4. The van der Waals surface area contributed by atoms with Crippen LogP contribution in [0.5, 0.6) is 0 Å². The Morgan fingerprint density at radius 3 is 2.26 bits per heavy atom. The molecule has 2 aromatic rings. The van der Waals surface area contributed by atoms with Gasteiger partial charge in [-0.15, -0.1) is 11.3 Å². The molecule has 0 radical (unpaired) electrons. The van der Waals surface area contributed by atoms with Crippen molar-refractivity contribution in [3.63, 3.8) is 0 Å². The fraction of sp³-hybridized carbons (Fsp3) is 0.565. The molecule has 1 saturated carbocycles. The van der Waals surface area contributed by atoms with E-state index in [1.807, 2.05) is 33.1 Å². The molecule has 0 bridgehead atoms. The number of hydrogen-bond acceptors (Lipinski definition) is 5. The molecule has 1 aliphatic rings. The Hall–Kier alpha value is -2.48. The SMILES string of the molecule is Cc1csc(C2(NC(=O)c3c(C)c(C(=O)C(=O)NC(C)(C)C)n(C)c3C)CCCC2)n1. The summed E-state index contributed by atoms with van der Waals surface area (Å²) < 4.78 is 1.64. The maximum absolute atomic E-state index is 13.5. The van der Waals surface area contributed by atoms with Crippen molar-refractivity contribution in [1.29, 1.82) is 0 Å². The third kappa shape index (κ3) is 4.44. The second kappa shape index (κ2) is 8.22. The van der Waals surface area contributed by atoms with Gasteiger partial charge in [-0.3, -0.25) is 14.4 Å². The Kier molecular flexibility index (Phi) is 6.15. The number of Topliss-reactive ketones (excluding diaryl/α,β-unsaturated/α-hetero) is 1. The minimum Gasteiger partial charge on any atom is -0.345 e. The van der Waals surface area contributed by atoms with E-state index in [-0.39, 0.29) is 11.6 Å². The number of aromatic nitrogens is 2. The summed E-state index contributed by atoms with van der Waals surface area (Å²) in [7, 11) is 1.71. The van der Waals surface area contributed by atoms with Gasteiger partial charge in [-0.25, -0.2) is 4.98 Å². The average molecular weight is 445 g/mol. The lowest BCUT2D eigenvalue weighted by atomic mass is 9.97. The van der Waals surface area contributed by atoms with Crippen LogP contribution >= 0.6 is 11.3 Å². The molecule has 2 amide bonds. The van der Waals surface area contributed by atoms with Crippen LogP contribution in [0.25, 0.3) is 0 Å². The Balaban J connectivity index is 1.94. The van der Waals surface area contributed by atoms with Gasteiger partial charge in [0.25, 0.3) is 17.6 Å². The Bertz CT molecular complexity index is 1040. The molecule has 3 rings (SSSR count). The molecule has 31 heavy (non-hydrogen) atoms. The van der Waals surface area contributed by atoms with Crippen molar-refractivity contribution in [2.75, 3.05) is 0 Å². The van der Waals surface area contributed by atoms with Crippen LogP contribution in [0.4, 0.5) is 0 Å². The van der Waals surface area contributed by atoms with E-state index in [0.717, 1.165) is 36.4 Å². The van der Waals surface area contributed by atoms with Gasteiger partial charge in [-0.1, -0.05) is 12.8 Å². The maximum Gasteiger partial charge on any atom is 0.294 e. The minimum atomic E-state index is -0.673. The molecule has 2 aromatic heterocycles. The molecule has 2 N–H and O–H groups in total. The Morgan fingerprint density at radius 1 is 1.13 bits per heavy atom. The first-order valence-electron chi connectivity index (χ1n) is 10.6. The number of hydrogen-bond donors (Lipinski definition) is 2. The van der Waals surface area contributed by atoms with E-state index < -0.39 is 22.8 Å². The molecule has 0 aromatic carbocycles. The summed E-state index contributed by atoms with van der Waals surface area (Å²) >= 11 is 1.58. The summed E-state index contributed by atoms with van der Waals surface area (Å²) in [6.07, 6.45) is 3.75. The zero-order valence-electron chi connectivity index (χ0n) is 19.4. The fourth-order valence-corrected chi connectivity index (χ4v) is 5.38. The molecule has 0 atom stereocenters. The molecular weight excluding hydrogens is 412 g/mol. The highest BCUT2D eigenvalue weighted by Gasteiger charge is 2.41. The van der Waals surface area contributed by atoms with Gasteiger partial charge in [-0.2, -0.15) is 0 Å². The van der Waals surface area contributed by atoms with E-state index in [2.05, 4.69) is 15.6 Å². The zero-order valence-corrected chi connectivity index (χ0v) is 20.2. The van der Waals surface area contributed by atoms with Crippen molar-refractivity contribution in [3.8, 4) is 0 Å². The first-order valence-corrected chi connectivity index (χ1v) is 11.5. The molecular formula is C23H32N4O3S. The molecule has 8 heteroatoms. The van der Waals surface area contributed by atoms with E-state index in [1.165, 1.54) is 0 Å². The van der Waals surface area contributed by atoms with Crippen LogP contribution in [-0.2, 0) is 17.4 Å². The van der Waals surface area contributed by atoms with Crippen molar-refractivity contribution in [1.82, 2.24) is 20.2 Å². The molecule has 0 unspecified atom stereocenters. The fourth-order valence-electron chi connectivity index (χ4n) is 4.36. The van der Waals surface area contributed by atoms with E-state index in [1.54, 1.807) is 36.8 Å². The summed E-state index contributed by atoms with van der Waals surface area (Å²) in [5.41, 5.74) is 1.83. The van der Waals surface area contributed by atoms with Gasteiger partial charge in [0.2, 0.25) is 0 Å². The smallest absolute Gasteiger partial charge is 0.294 e. The molecule has 1 aliphatic carbocycles. The van der Waals surface area contributed by atoms with Crippen LogP contribution in [0.3, 0.4) is 0 Å². The Labute approximate surface area is 187 Å². The predicted molar refractivity (Wildman–Crippen MR) is 122 cm³/mol. The number of nitrogens with one attached hydrogen (secondary N) is 2. The van der Waals surface area contributed by atoms with Crippen molar-refractivity contribution in [2.45, 2.75) is 78.3 Å². The first kappa shape index (κ1) is 23.2. The second-order valence-corrected chi connectivity index (χ2v) is 10.4. The van der Waals surface area contributed by atoms with E-state index in [4.69, 9.17) is 0 Å². The molecule has 1 fully saturated rings. The van der Waals surface area contributed by atoms with Crippen molar-refractivity contribution in [2.24, 2.45) is 7.05 Å². The van der Waals surface area contributed by atoms with Crippen molar-refractivity contribution >= 4 is 28.9 Å². The number of thiazole rings is 1. The van der Waals surface area contributed by atoms with Crippen LogP contribution in [0.15, 0.2) is 5.38 Å². The number of carbonyl (C=O) groups is 3. The van der Waals surface area contributed by atoms with Gasteiger partial charge >= 0.3 is 0 Å². The molecule has 0 saturated heterocycles. The molecule has 0 aliphatic heterocycles. The quantitative estimate of drug-likeness (QED) is 0.543. The zero-order chi connectivity index (χ0) is 23.1. The minimum absolute atomic E-state index is 0.226. The number of rotatable bonds is 5. The van der Waals surface area contributed by atoms with Crippen LogP contribution in [0, 0.1) is 20.8 Å². The van der Waals surface area contributed by atoms with Crippen LogP contribution in [0.1, 0.15) is 89.3 Å². The van der Waals surface area contributed by atoms with Crippen LogP contribution in [-0.4, -0.2) is 32.7 Å². The monoisotopic (exact) mass is 444 g/mol. The third-order valence-corrected chi connectivity index (χ3v) is 7.07. The third-order valence-electron chi connectivity index (χ3n) is 5.91. The highest BCUT2D eigenvalue weighted by Crippen LogP contribution is 2.40. The Morgan fingerprint density at radius 2 is 1.74 bits per heavy atom. The summed E-state index contributed by atoms with van der Waals surface area (Å²) in [5.74, 6) is -1.53. The van der Waals surface area contributed by atoms with Gasteiger partial charge in [0, 0.05) is 29.4 Å². The lowest BCUT2D eigenvalue weighted by molar-refractivity contribution is -0.118.